The molecule has 0 atom stereocenters. The smallest absolute Gasteiger partial charge is 0.330 e. The van der Waals surface area contributed by atoms with Crippen molar-refractivity contribution in [2.24, 2.45) is 5.73 Å². The first-order chi connectivity index (χ1) is 8.63. The predicted octanol–water partition coefficient (Wildman–Crippen LogP) is 1.18. The molecule has 0 unspecified atom stereocenters. The Kier molecular flexibility index (Phi) is 5.50. The van der Waals surface area contributed by atoms with Crippen LogP contribution in [-0.4, -0.2) is 18.5 Å². The van der Waals surface area contributed by atoms with Gasteiger partial charge in [0.25, 0.3) is 5.91 Å². The number of primary amides is 1. The molecule has 0 fully saturated rings. The van der Waals surface area contributed by atoms with E-state index in [1.807, 2.05) is 5.43 Å². The van der Waals surface area contributed by atoms with E-state index < -0.39 is 11.9 Å². The van der Waals surface area contributed by atoms with Gasteiger partial charge in [-0.1, -0.05) is 13.3 Å². The first-order valence-corrected chi connectivity index (χ1v) is 5.72. The van der Waals surface area contributed by atoms with Gasteiger partial charge in [0.05, 0.1) is 6.61 Å². The molecule has 0 aliphatic heterocycles. The average Bonchev–Trinajstić information content (AvgIpc) is 2.37. The molecule has 4 N–H and O–H groups in total. The largest absolute Gasteiger partial charge is 0.494 e. The molecular weight excluding hydrogens is 234 g/mol. The van der Waals surface area contributed by atoms with Crippen molar-refractivity contribution in [2.75, 3.05) is 6.61 Å². The molecule has 0 aliphatic rings. The number of rotatable bonds is 5. The lowest BCUT2D eigenvalue weighted by Gasteiger charge is -2.07. The summed E-state index contributed by atoms with van der Waals surface area (Å²) in [5, 5.41) is 0. The summed E-state index contributed by atoms with van der Waals surface area (Å²) in [5.74, 6) is 0.275. The summed E-state index contributed by atoms with van der Waals surface area (Å²) in [6.07, 6.45) is 2.06. The number of urea groups is 1. The number of nitrogens with two attached hydrogens (primary N) is 1. The predicted molar refractivity (Wildman–Crippen MR) is 67.0 cm³/mol. The minimum Gasteiger partial charge on any atom is -0.494 e. The number of carbonyl (C=O) groups is 2. The van der Waals surface area contributed by atoms with Crippen molar-refractivity contribution in [3.05, 3.63) is 29.8 Å². The molecule has 1 aromatic rings. The van der Waals surface area contributed by atoms with E-state index >= 15 is 0 Å². The lowest BCUT2D eigenvalue weighted by molar-refractivity contribution is 0.0937. The molecule has 0 aromatic heterocycles. The number of unbranched alkanes of at least 4 members (excludes halogenated alkanes) is 1. The minimum atomic E-state index is -0.817. The molecule has 0 bridgehead atoms. The van der Waals surface area contributed by atoms with Crippen LogP contribution in [0.5, 0.6) is 5.75 Å². The summed E-state index contributed by atoms with van der Waals surface area (Å²) in [7, 11) is 0. The first kappa shape index (κ1) is 13.8. The number of hydrazine groups is 1. The molecule has 98 valence electrons. The highest BCUT2D eigenvalue weighted by molar-refractivity contribution is 5.95. The van der Waals surface area contributed by atoms with E-state index in [4.69, 9.17) is 10.5 Å². The van der Waals surface area contributed by atoms with Gasteiger partial charge in [0, 0.05) is 5.56 Å². The van der Waals surface area contributed by atoms with Crippen LogP contribution in [0.15, 0.2) is 24.3 Å². The minimum absolute atomic E-state index is 0.409. The third kappa shape index (κ3) is 4.73. The van der Waals surface area contributed by atoms with Crippen molar-refractivity contribution in [3.8, 4) is 5.75 Å². The molecule has 0 spiro atoms. The van der Waals surface area contributed by atoms with E-state index in [0.29, 0.717) is 17.9 Å². The van der Waals surface area contributed by atoms with E-state index in [1.54, 1.807) is 24.3 Å². The quantitative estimate of drug-likeness (QED) is 0.542. The van der Waals surface area contributed by atoms with Gasteiger partial charge >= 0.3 is 6.03 Å². The van der Waals surface area contributed by atoms with Gasteiger partial charge in [0.15, 0.2) is 0 Å². The Hall–Kier alpha value is -2.24. The number of amides is 3. The van der Waals surface area contributed by atoms with Gasteiger partial charge in [-0.3, -0.25) is 10.2 Å². The summed E-state index contributed by atoms with van der Waals surface area (Å²) in [6.45, 7) is 2.74. The third-order valence-corrected chi connectivity index (χ3v) is 2.18. The van der Waals surface area contributed by atoms with E-state index in [2.05, 4.69) is 12.3 Å². The van der Waals surface area contributed by atoms with Crippen molar-refractivity contribution < 1.29 is 14.3 Å². The highest BCUT2D eigenvalue weighted by atomic mass is 16.5. The zero-order chi connectivity index (χ0) is 13.4. The van der Waals surface area contributed by atoms with Crippen LogP contribution in [0.4, 0.5) is 4.79 Å². The van der Waals surface area contributed by atoms with Gasteiger partial charge in [-0.05, 0) is 30.7 Å². The summed E-state index contributed by atoms with van der Waals surface area (Å²) in [5.41, 5.74) is 9.41. The number of ether oxygens (including phenoxy) is 1. The summed E-state index contributed by atoms with van der Waals surface area (Å²) in [6, 6.07) is 5.81. The second-order valence-corrected chi connectivity index (χ2v) is 3.67. The lowest BCUT2D eigenvalue weighted by Crippen LogP contribution is -2.44. The average molecular weight is 251 g/mol. The van der Waals surface area contributed by atoms with Gasteiger partial charge in [-0.2, -0.15) is 0 Å². The fourth-order valence-electron chi connectivity index (χ4n) is 1.23. The molecule has 6 nitrogen and oxygen atoms in total. The highest BCUT2D eigenvalue weighted by Gasteiger charge is 2.05. The molecule has 1 rings (SSSR count). The van der Waals surface area contributed by atoms with Crippen molar-refractivity contribution in [1.29, 1.82) is 0 Å². The molecule has 18 heavy (non-hydrogen) atoms. The molecule has 0 radical (unpaired) electrons. The summed E-state index contributed by atoms with van der Waals surface area (Å²) >= 11 is 0. The zero-order valence-corrected chi connectivity index (χ0v) is 10.2. The molecule has 0 aliphatic carbocycles. The van der Waals surface area contributed by atoms with Gasteiger partial charge in [0.2, 0.25) is 0 Å². The van der Waals surface area contributed by atoms with Crippen LogP contribution in [0.2, 0.25) is 0 Å². The Morgan fingerprint density at radius 3 is 2.44 bits per heavy atom. The van der Waals surface area contributed by atoms with E-state index in [-0.39, 0.29) is 0 Å². The second-order valence-electron chi connectivity index (χ2n) is 3.67. The van der Waals surface area contributed by atoms with Crippen LogP contribution in [0.3, 0.4) is 0 Å². The van der Waals surface area contributed by atoms with Crippen LogP contribution < -0.4 is 21.3 Å². The van der Waals surface area contributed by atoms with Crippen LogP contribution >= 0.6 is 0 Å². The standard InChI is InChI=1S/C12H17N3O3/c1-2-3-8-18-10-6-4-9(5-7-10)11(16)14-15-12(13)17/h4-7H,2-3,8H2,1H3,(H,14,16)(H3,13,15,17). The molecule has 0 saturated carbocycles. The Bertz CT molecular complexity index is 404. The van der Waals surface area contributed by atoms with Gasteiger partial charge in [0.1, 0.15) is 5.75 Å². The molecule has 0 heterocycles. The topological polar surface area (TPSA) is 93.4 Å². The maximum atomic E-state index is 11.5. The molecule has 0 saturated heterocycles. The van der Waals surface area contributed by atoms with Gasteiger partial charge in [-0.25, -0.2) is 10.2 Å². The lowest BCUT2D eigenvalue weighted by atomic mass is 10.2. The van der Waals surface area contributed by atoms with Crippen molar-refractivity contribution in [2.45, 2.75) is 19.8 Å². The second kappa shape index (κ2) is 7.16. The van der Waals surface area contributed by atoms with Crippen molar-refractivity contribution in [3.63, 3.8) is 0 Å². The fraction of sp³-hybridized carbons (Fsp3) is 0.333. The van der Waals surface area contributed by atoms with E-state index in [1.165, 1.54) is 0 Å². The van der Waals surface area contributed by atoms with Crippen molar-refractivity contribution in [1.82, 2.24) is 10.9 Å². The third-order valence-electron chi connectivity index (χ3n) is 2.18. The summed E-state index contributed by atoms with van der Waals surface area (Å²) < 4.78 is 5.46. The van der Waals surface area contributed by atoms with Crippen LogP contribution in [-0.2, 0) is 0 Å². The number of benzene rings is 1. The van der Waals surface area contributed by atoms with Crippen molar-refractivity contribution >= 4 is 11.9 Å². The Morgan fingerprint density at radius 2 is 1.89 bits per heavy atom. The SMILES string of the molecule is CCCCOc1ccc(C(=O)NNC(N)=O)cc1. The van der Waals surface area contributed by atoms with Crippen LogP contribution in [0.1, 0.15) is 30.1 Å². The number of carbonyl (C=O) groups excluding carboxylic acids is 2. The Balaban J connectivity index is 2.48. The molecule has 1 aromatic carbocycles. The van der Waals surface area contributed by atoms with E-state index in [0.717, 1.165) is 12.8 Å². The first-order valence-electron chi connectivity index (χ1n) is 5.72. The Labute approximate surface area is 105 Å². The Morgan fingerprint density at radius 1 is 1.22 bits per heavy atom. The van der Waals surface area contributed by atoms with Gasteiger partial charge in [-0.15, -0.1) is 0 Å². The summed E-state index contributed by atoms with van der Waals surface area (Å²) in [4.78, 5) is 21.9. The monoisotopic (exact) mass is 251 g/mol. The molecular formula is C12H17N3O3. The van der Waals surface area contributed by atoms with Crippen LogP contribution in [0.25, 0.3) is 0 Å². The molecule has 3 amide bonds. The fourth-order valence-corrected chi connectivity index (χ4v) is 1.23. The van der Waals surface area contributed by atoms with E-state index in [9.17, 15) is 9.59 Å². The zero-order valence-electron chi connectivity index (χ0n) is 10.2. The molecule has 6 heteroatoms. The van der Waals surface area contributed by atoms with Crippen LogP contribution in [0, 0.1) is 0 Å². The van der Waals surface area contributed by atoms with Gasteiger partial charge < -0.3 is 10.5 Å². The highest BCUT2D eigenvalue weighted by Crippen LogP contribution is 2.12. The number of nitrogens with one attached hydrogen (secondary N) is 2. The maximum Gasteiger partial charge on any atom is 0.330 e. The maximum absolute atomic E-state index is 11.5. The number of hydrogen-bond donors (Lipinski definition) is 3. The number of hydrogen-bond acceptors (Lipinski definition) is 3. The normalized spacial score (nSPS) is 9.61.